The van der Waals surface area contributed by atoms with Gasteiger partial charge in [-0.25, -0.2) is 0 Å². The molecule has 1 N–H and O–H groups in total. The van der Waals surface area contributed by atoms with Crippen LogP contribution in [0.4, 0.5) is 0 Å². The quantitative estimate of drug-likeness (QED) is 0.913. The second-order valence-electron chi connectivity index (χ2n) is 5.36. The van der Waals surface area contributed by atoms with Gasteiger partial charge in [0, 0.05) is 6.42 Å². The predicted molar refractivity (Wildman–Crippen MR) is 82.3 cm³/mol. The summed E-state index contributed by atoms with van der Waals surface area (Å²) in [6.45, 7) is 6.23. The second-order valence-corrected chi connectivity index (χ2v) is 5.36. The van der Waals surface area contributed by atoms with Crippen LogP contribution in [0.15, 0.2) is 36.4 Å². The summed E-state index contributed by atoms with van der Waals surface area (Å²) in [4.78, 5) is 0. The summed E-state index contributed by atoms with van der Waals surface area (Å²) in [5.74, 6) is 0.825. The number of aliphatic hydroxyl groups excluding tert-OH is 1. The highest BCUT2D eigenvalue weighted by Gasteiger charge is 2.13. The molecule has 0 amide bonds. The number of hydrogen-bond donors (Lipinski definition) is 1. The maximum Gasteiger partial charge on any atom is 0.119 e. The summed E-state index contributed by atoms with van der Waals surface area (Å²) in [6.07, 6.45) is 0.113. The van der Waals surface area contributed by atoms with Gasteiger partial charge in [-0.2, -0.15) is 0 Å². The molecule has 0 aromatic heterocycles. The van der Waals surface area contributed by atoms with Crippen molar-refractivity contribution in [3.63, 3.8) is 0 Å². The Morgan fingerprint density at radius 2 is 1.70 bits per heavy atom. The number of benzene rings is 2. The van der Waals surface area contributed by atoms with E-state index in [1.807, 2.05) is 24.3 Å². The average Bonchev–Trinajstić information content (AvgIpc) is 2.43. The van der Waals surface area contributed by atoms with E-state index in [1.54, 1.807) is 7.11 Å². The fraction of sp³-hybridized carbons (Fsp3) is 0.333. The zero-order valence-electron chi connectivity index (χ0n) is 12.6. The van der Waals surface area contributed by atoms with Crippen LogP contribution < -0.4 is 4.74 Å². The topological polar surface area (TPSA) is 29.5 Å². The number of aliphatic hydroxyl groups is 1. The van der Waals surface area contributed by atoms with Gasteiger partial charge in [-0.05, 0) is 60.7 Å². The maximum atomic E-state index is 10.5. The van der Waals surface area contributed by atoms with Gasteiger partial charge < -0.3 is 9.84 Å². The molecule has 0 aliphatic rings. The number of ether oxygens (including phenoxy) is 1. The van der Waals surface area contributed by atoms with E-state index in [4.69, 9.17) is 4.74 Å². The first-order valence-electron chi connectivity index (χ1n) is 6.90. The van der Waals surface area contributed by atoms with E-state index in [9.17, 15) is 5.11 Å². The van der Waals surface area contributed by atoms with Crippen LogP contribution in [0.3, 0.4) is 0 Å². The SMILES string of the molecule is COc1cccc(CC(O)c2cc(C)c(C)cc2C)c1. The summed E-state index contributed by atoms with van der Waals surface area (Å²) in [5.41, 5.74) is 5.71. The van der Waals surface area contributed by atoms with Crippen LogP contribution in [0.5, 0.6) is 5.75 Å². The van der Waals surface area contributed by atoms with Gasteiger partial charge in [0.25, 0.3) is 0 Å². The third kappa shape index (κ3) is 3.20. The standard InChI is InChI=1S/C18H22O2/c1-12-8-14(3)17(9-13(12)2)18(19)11-15-6-5-7-16(10-15)20-4/h5-10,18-19H,11H2,1-4H3. The van der Waals surface area contributed by atoms with Crippen molar-refractivity contribution in [2.75, 3.05) is 7.11 Å². The molecule has 0 saturated carbocycles. The van der Waals surface area contributed by atoms with Crippen LogP contribution in [0.25, 0.3) is 0 Å². The lowest BCUT2D eigenvalue weighted by molar-refractivity contribution is 0.177. The molecule has 0 aliphatic carbocycles. The van der Waals surface area contributed by atoms with Gasteiger partial charge in [0.15, 0.2) is 0 Å². The Kier molecular flexibility index (Phi) is 4.46. The Morgan fingerprint density at radius 3 is 2.40 bits per heavy atom. The molecule has 0 spiro atoms. The van der Waals surface area contributed by atoms with Crippen LogP contribution in [0.2, 0.25) is 0 Å². The number of hydrogen-bond acceptors (Lipinski definition) is 2. The van der Waals surface area contributed by atoms with Crippen molar-refractivity contribution < 1.29 is 9.84 Å². The Bertz CT molecular complexity index is 602. The molecule has 2 heteroatoms. The number of methoxy groups -OCH3 is 1. The van der Waals surface area contributed by atoms with E-state index in [1.165, 1.54) is 11.1 Å². The summed E-state index contributed by atoms with van der Waals surface area (Å²) in [6, 6.07) is 12.1. The lowest BCUT2D eigenvalue weighted by Gasteiger charge is -2.16. The molecular formula is C18H22O2. The minimum atomic E-state index is -0.485. The van der Waals surface area contributed by atoms with Crippen molar-refractivity contribution in [1.82, 2.24) is 0 Å². The second kappa shape index (κ2) is 6.10. The van der Waals surface area contributed by atoms with E-state index >= 15 is 0 Å². The summed E-state index contributed by atoms with van der Waals surface area (Å²) >= 11 is 0. The summed E-state index contributed by atoms with van der Waals surface area (Å²) < 4.78 is 5.22. The normalized spacial score (nSPS) is 12.2. The first-order chi connectivity index (χ1) is 9.51. The van der Waals surface area contributed by atoms with E-state index < -0.39 is 6.10 Å². The highest BCUT2D eigenvalue weighted by molar-refractivity contribution is 5.38. The smallest absolute Gasteiger partial charge is 0.119 e. The van der Waals surface area contributed by atoms with E-state index in [2.05, 4.69) is 32.9 Å². The third-order valence-electron chi connectivity index (χ3n) is 3.80. The molecule has 0 fully saturated rings. The van der Waals surface area contributed by atoms with Crippen molar-refractivity contribution in [3.8, 4) is 5.75 Å². The molecule has 20 heavy (non-hydrogen) atoms. The van der Waals surface area contributed by atoms with Gasteiger partial charge in [0.05, 0.1) is 13.2 Å². The minimum absolute atomic E-state index is 0.485. The Hall–Kier alpha value is -1.80. The van der Waals surface area contributed by atoms with Gasteiger partial charge in [0.1, 0.15) is 5.75 Å². The highest BCUT2D eigenvalue weighted by atomic mass is 16.5. The molecule has 2 nitrogen and oxygen atoms in total. The van der Waals surface area contributed by atoms with Crippen molar-refractivity contribution >= 4 is 0 Å². The molecule has 0 radical (unpaired) electrons. The average molecular weight is 270 g/mol. The van der Waals surface area contributed by atoms with Gasteiger partial charge in [-0.3, -0.25) is 0 Å². The molecule has 0 bridgehead atoms. The molecule has 2 rings (SSSR count). The lowest BCUT2D eigenvalue weighted by Crippen LogP contribution is -2.05. The molecule has 1 atom stereocenters. The van der Waals surface area contributed by atoms with Gasteiger partial charge in [-0.15, -0.1) is 0 Å². The number of aryl methyl sites for hydroxylation is 3. The summed E-state index contributed by atoms with van der Waals surface area (Å²) in [5, 5.41) is 10.5. The van der Waals surface area contributed by atoms with E-state index in [-0.39, 0.29) is 0 Å². The van der Waals surface area contributed by atoms with E-state index in [0.717, 1.165) is 22.4 Å². The first-order valence-corrected chi connectivity index (χ1v) is 6.90. The van der Waals surface area contributed by atoms with Crippen molar-refractivity contribution in [3.05, 3.63) is 64.2 Å². The van der Waals surface area contributed by atoms with Gasteiger partial charge >= 0.3 is 0 Å². The Labute approximate surface area is 121 Å². The minimum Gasteiger partial charge on any atom is -0.497 e. The largest absolute Gasteiger partial charge is 0.497 e. The fourth-order valence-corrected chi connectivity index (χ4v) is 2.47. The monoisotopic (exact) mass is 270 g/mol. The predicted octanol–water partition coefficient (Wildman–Crippen LogP) is 3.90. The van der Waals surface area contributed by atoms with Crippen LogP contribution in [0, 0.1) is 20.8 Å². The Balaban J connectivity index is 2.23. The van der Waals surface area contributed by atoms with Crippen molar-refractivity contribution in [1.29, 1.82) is 0 Å². The van der Waals surface area contributed by atoms with Crippen molar-refractivity contribution in [2.24, 2.45) is 0 Å². The molecule has 0 heterocycles. The molecular weight excluding hydrogens is 248 g/mol. The van der Waals surface area contributed by atoms with Crippen LogP contribution in [-0.4, -0.2) is 12.2 Å². The molecule has 106 valence electrons. The highest BCUT2D eigenvalue weighted by Crippen LogP contribution is 2.25. The zero-order valence-corrected chi connectivity index (χ0v) is 12.6. The van der Waals surface area contributed by atoms with Gasteiger partial charge in [0.2, 0.25) is 0 Å². The van der Waals surface area contributed by atoms with Crippen LogP contribution >= 0.6 is 0 Å². The Morgan fingerprint density at radius 1 is 1.00 bits per heavy atom. The number of rotatable bonds is 4. The molecule has 2 aromatic rings. The van der Waals surface area contributed by atoms with Crippen LogP contribution in [0.1, 0.15) is 33.9 Å². The zero-order chi connectivity index (χ0) is 14.7. The lowest BCUT2D eigenvalue weighted by atomic mass is 9.94. The van der Waals surface area contributed by atoms with Crippen molar-refractivity contribution in [2.45, 2.75) is 33.3 Å². The molecule has 0 saturated heterocycles. The maximum absolute atomic E-state index is 10.5. The first kappa shape index (κ1) is 14.6. The van der Waals surface area contributed by atoms with E-state index in [0.29, 0.717) is 6.42 Å². The molecule has 1 unspecified atom stereocenters. The summed E-state index contributed by atoms with van der Waals surface area (Å²) in [7, 11) is 1.66. The third-order valence-corrected chi connectivity index (χ3v) is 3.80. The van der Waals surface area contributed by atoms with Crippen LogP contribution in [-0.2, 0) is 6.42 Å². The molecule has 0 aliphatic heterocycles. The van der Waals surface area contributed by atoms with Gasteiger partial charge in [-0.1, -0.05) is 24.3 Å². The fourth-order valence-electron chi connectivity index (χ4n) is 2.47. The molecule has 2 aromatic carbocycles.